The highest BCUT2D eigenvalue weighted by atomic mass is 31.2. The van der Waals surface area contributed by atoms with Crippen LogP contribution in [0.5, 0.6) is 0 Å². The van der Waals surface area contributed by atoms with Gasteiger partial charge in [-0.25, -0.2) is 0 Å². The Hall–Kier alpha value is -2.85. The number of quaternary nitrogens is 1. The van der Waals surface area contributed by atoms with Crippen molar-refractivity contribution in [1.82, 2.24) is 0 Å². The summed E-state index contributed by atoms with van der Waals surface area (Å²) >= 11 is 0. The summed E-state index contributed by atoms with van der Waals surface area (Å²) in [5.74, 6) is -0.987. The first-order valence-electron chi connectivity index (χ1n) is 21.4. The van der Waals surface area contributed by atoms with Crippen LogP contribution in [0.3, 0.4) is 0 Å². The number of hydrogen-bond acceptors (Lipinski definition) is 9. The van der Waals surface area contributed by atoms with Crippen LogP contribution in [0.4, 0.5) is 0 Å². The highest BCUT2D eigenvalue weighted by Gasteiger charge is 2.21. The van der Waals surface area contributed by atoms with Crippen molar-refractivity contribution in [3.05, 3.63) is 85.1 Å². The van der Waals surface area contributed by atoms with Gasteiger partial charge in [-0.1, -0.05) is 137 Å². The summed E-state index contributed by atoms with van der Waals surface area (Å²) in [6, 6.07) is 0. The molecule has 0 bridgehead atoms. The Morgan fingerprint density at radius 3 is 1.89 bits per heavy atom. The van der Waals surface area contributed by atoms with Crippen molar-refractivity contribution in [2.45, 2.75) is 148 Å². The third-order valence-electron chi connectivity index (χ3n) is 8.50. The minimum absolute atomic E-state index is 0.0621. The molecule has 0 spiro atoms. The lowest BCUT2D eigenvalue weighted by Crippen LogP contribution is -2.37. The zero-order valence-corrected chi connectivity index (χ0v) is 37.0. The van der Waals surface area contributed by atoms with E-state index in [9.17, 15) is 24.2 Å². The summed E-state index contributed by atoms with van der Waals surface area (Å²) in [7, 11) is 1.06. The Balaban J connectivity index is 4.58. The molecule has 1 N–H and O–H groups in total. The van der Waals surface area contributed by atoms with Crippen LogP contribution in [0.25, 0.3) is 0 Å². The van der Waals surface area contributed by atoms with Gasteiger partial charge in [-0.2, -0.15) is 0 Å². The molecule has 0 heterocycles. The summed E-state index contributed by atoms with van der Waals surface area (Å²) in [4.78, 5) is 37.5. The van der Waals surface area contributed by atoms with Crippen molar-refractivity contribution in [2.24, 2.45) is 0 Å². The molecule has 0 fully saturated rings. The van der Waals surface area contributed by atoms with Gasteiger partial charge >= 0.3 is 11.9 Å². The van der Waals surface area contributed by atoms with E-state index in [2.05, 4.69) is 68.5 Å². The molecule has 0 rings (SSSR count). The first-order chi connectivity index (χ1) is 27.4. The lowest BCUT2D eigenvalue weighted by atomic mass is 10.1. The van der Waals surface area contributed by atoms with Gasteiger partial charge in [0.25, 0.3) is 7.82 Å². The van der Waals surface area contributed by atoms with Gasteiger partial charge in [0.1, 0.15) is 19.8 Å². The number of aliphatic hydroxyl groups is 1. The number of ether oxygens (including phenoxy) is 2. The maximum Gasteiger partial charge on any atom is 0.306 e. The molecular formula is C46H78NO9P. The number of carbonyl (C=O) groups excluding carboxylic acids is 2. The van der Waals surface area contributed by atoms with Gasteiger partial charge in [-0.15, -0.1) is 0 Å². The van der Waals surface area contributed by atoms with E-state index in [-0.39, 0.29) is 26.1 Å². The lowest BCUT2D eigenvalue weighted by Gasteiger charge is -2.28. The van der Waals surface area contributed by atoms with Crippen molar-refractivity contribution < 1.29 is 47.2 Å². The molecule has 0 saturated heterocycles. The Labute approximate surface area is 346 Å². The number of allylic oxidation sites excluding steroid dienone is 13. The Morgan fingerprint density at radius 1 is 0.667 bits per heavy atom. The third kappa shape index (κ3) is 41.1. The number of rotatable bonds is 37. The van der Waals surface area contributed by atoms with E-state index in [0.29, 0.717) is 36.7 Å². The second-order valence-corrected chi connectivity index (χ2v) is 16.6. The van der Waals surface area contributed by atoms with E-state index in [1.165, 1.54) is 19.3 Å². The molecule has 3 atom stereocenters. The minimum Gasteiger partial charge on any atom is -0.756 e. The smallest absolute Gasteiger partial charge is 0.306 e. The second kappa shape index (κ2) is 37.4. The van der Waals surface area contributed by atoms with Crippen LogP contribution >= 0.6 is 7.82 Å². The molecule has 10 nitrogen and oxygen atoms in total. The molecule has 326 valence electrons. The molecule has 0 aromatic heterocycles. The van der Waals surface area contributed by atoms with Gasteiger partial charge in [-0.3, -0.25) is 14.2 Å². The van der Waals surface area contributed by atoms with E-state index in [0.717, 1.165) is 64.2 Å². The SMILES string of the molecule is CC/C=C/C/C=C/C=C/C(O)CCCCCCCC(=O)O[C@H](COC(=O)CCC/C=C\C/C=C\C/C=C\C/C=C\CCCCC)COP(=O)([O-])OCC[N+](C)(C)C. The Morgan fingerprint density at radius 2 is 1.25 bits per heavy atom. The van der Waals surface area contributed by atoms with E-state index >= 15 is 0 Å². The van der Waals surface area contributed by atoms with E-state index < -0.39 is 38.6 Å². The van der Waals surface area contributed by atoms with Crippen molar-refractivity contribution in [3.63, 3.8) is 0 Å². The normalized spacial score (nSPS) is 15.0. The summed E-state index contributed by atoms with van der Waals surface area (Å²) in [6.45, 7) is 3.86. The molecule has 11 heteroatoms. The minimum atomic E-state index is -4.67. The van der Waals surface area contributed by atoms with Crippen LogP contribution in [0.2, 0.25) is 0 Å². The number of esters is 2. The van der Waals surface area contributed by atoms with Crippen molar-refractivity contribution in [1.29, 1.82) is 0 Å². The summed E-state index contributed by atoms with van der Waals surface area (Å²) < 4.78 is 33.7. The quantitative estimate of drug-likeness (QED) is 0.0162. The molecule has 2 unspecified atom stereocenters. The fourth-order valence-electron chi connectivity index (χ4n) is 5.12. The predicted molar refractivity (Wildman–Crippen MR) is 232 cm³/mol. The van der Waals surface area contributed by atoms with E-state index in [1.807, 2.05) is 45.4 Å². The first-order valence-corrected chi connectivity index (χ1v) is 22.9. The second-order valence-electron chi connectivity index (χ2n) is 15.2. The zero-order chi connectivity index (χ0) is 42.3. The van der Waals surface area contributed by atoms with Crippen LogP contribution in [0.15, 0.2) is 85.1 Å². The predicted octanol–water partition coefficient (Wildman–Crippen LogP) is 10.4. The van der Waals surface area contributed by atoms with Gasteiger partial charge < -0.3 is 33.0 Å². The van der Waals surface area contributed by atoms with Crippen LogP contribution in [0, 0.1) is 0 Å². The molecule has 0 saturated carbocycles. The van der Waals surface area contributed by atoms with Gasteiger partial charge in [0, 0.05) is 12.8 Å². The molecule has 0 aliphatic heterocycles. The molecule has 0 aliphatic rings. The molecule has 0 amide bonds. The molecule has 0 aromatic carbocycles. The van der Waals surface area contributed by atoms with E-state index in [4.69, 9.17) is 18.5 Å². The van der Waals surface area contributed by atoms with E-state index in [1.54, 1.807) is 6.08 Å². The maximum absolute atomic E-state index is 12.7. The van der Waals surface area contributed by atoms with Crippen LogP contribution in [-0.2, 0) is 32.7 Å². The fraction of sp³-hybridized carbons (Fsp3) is 0.652. The summed E-state index contributed by atoms with van der Waals surface area (Å²) in [5.41, 5.74) is 0. The average molecular weight is 820 g/mol. The standard InChI is InChI=1S/C46H78NO9P/c1-6-8-10-12-14-15-16-17-18-19-20-21-22-23-25-29-33-37-45(49)53-41-44(42-55-57(51,52)54-40-39-47(3,4)5)56-46(50)38-34-30-26-28-32-36-43(48)35-31-27-24-13-11-9-7-2/h9,11,14-15,17-18,20-21,23-25,27,31,35,43-44,48H,6-8,10,12-13,16,19,22,26,28-30,32-34,36-42H2,1-5H3/b11-9+,15-14-,18-17-,21-20-,25-23-,27-24+,35-31+/t43?,44-/m1/s1. The number of hydrogen-bond donors (Lipinski definition) is 1. The number of aliphatic hydroxyl groups excluding tert-OH is 1. The third-order valence-corrected chi connectivity index (χ3v) is 9.47. The topological polar surface area (TPSA) is 131 Å². The highest BCUT2D eigenvalue weighted by Crippen LogP contribution is 2.38. The summed E-state index contributed by atoms with van der Waals surface area (Å²) in [5, 5.41) is 10.1. The van der Waals surface area contributed by atoms with Crippen molar-refractivity contribution >= 4 is 19.8 Å². The van der Waals surface area contributed by atoms with Gasteiger partial charge in [-0.05, 0) is 70.6 Å². The number of phosphoric ester groups is 1. The average Bonchev–Trinajstić information content (AvgIpc) is 3.15. The molecule has 0 aliphatic carbocycles. The largest absolute Gasteiger partial charge is 0.756 e. The Bertz CT molecular complexity index is 1260. The van der Waals surface area contributed by atoms with Crippen LogP contribution in [-0.4, -0.2) is 81.2 Å². The number of carbonyl (C=O) groups is 2. The van der Waals surface area contributed by atoms with Gasteiger partial charge in [0.15, 0.2) is 6.10 Å². The number of likely N-dealkylation sites (N-methyl/N-ethyl adjacent to an activating group) is 1. The van der Waals surface area contributed by atoms with Crippen molar-refractivity contribution in [2.75, 3.05) is 47.5 Å². The monoisotopic (exact) mass is 820 g/mol. The number of nitrogens with zero attached hydrogens (tertiary/aromatic N) is 1. The number of unbranched alkanes of at least 4 members (excludes halogenated alkanes) is 8. The highest BCUT2D eigenvalue weighted by molar-refractivity contribution is 7.45. The zero-order valence-electron chi connectivity index (χ0n) is 36.1. The first kappa shape index (κ1) is 54.2. The molecule has 0 radical (unpaired) electrons. The molecule has 57 heavy (non-hydrogen) atoms. The lowest BCUT2D eigenvalue weighted by molar-refractivity contribution is -0.870. The molecular weight excluding hydrogens is 741 g/mol. The number of phosphoric acid groups is 1. The maximum atomic E-state index is 12.7. The molecule has 0 aromatic rings. The van der Waals surface area contributed by atoms with Crippen molar-refractivity contribution in [3.8, 4) is 0 Å². The van der Waals surface area contributed by atoms with Gasteiger partial charge in [0.05, 0.1) is 33.9 Å². The van der Waals surface area contributed by atoms with Gasteiger partial charge in [0.2, 0.25) is 0 Å². The fourth-order valence-corrected chi connectivity index (χ4v) is 5.85. The van der Waals surface area contributed by atoms with Crippen LogP contribution < -0.4 is 4.89 Å². The Kier molecular flexibility index (Phi) is 35.6. The summed E-state index contributed by atoms with van der Waals surface area (Å²) in [6.07, 6.45) is 43.5. The van der Waals surface area contributed by atoms with Crippen LogP contribution in [0.1, 0.15) is 136 Å².